The van der Waals surface area contributed by atoms with Crippen molar-refractivity contribution < 1.29 is 32.3 Å². The van der Waals surface area contributed by atoms with Gasteiger partial charge in [0, 0.05) is 41.7 Å². The van der Waals surface area contributed by atoms with E-state index in [1.807, 2.05) is 36.4 Å². The van der Waals surface area contributed by atoms with Gasteiger partial charge in [0.25, 0.3) is 0 Å². The number of nitrogens with one attached hydrogen (secondary N) is 1. The molecule has 0 spiro atoms. The van der Waals surface area contributed by atoms with Crippen LogP contribution >= 0.6 is 0 Å². The monoisotopic (exact) mass is 653 g/mol. The number of rotatable bonds is 23. The first-order valence-corrected chi connectivity index (χ1v) is 18.2. The molecule has 1 unspecified atom stereocenters. The molecular weight excluding hydrogens is 604 g/mol. The van der Waals surface area contributed by atoms with Crippen LogP contribution in [0.25, 0.3) is 21.8 Å². The second-order valence-electron chi connectivity index (χ2n) is 11.8. The summed E-state index contributed by atoms with van der Waals surface area (Å²) in [5, 5.41) is 16.1. The summed E-state index contributed by atoms with van der Waals surface area (Å²) < 4.78 is 51.7. The highest BCUT2D eigenvalue weighted by molar-refractivity contribution is 7.85. The molecule has 9 nitrogen and oxygen atoms in total. The van der Waals surface area contributed by atoms with Gasteiger partial charge in [0.1, 0.15) is 25.1 Å². The van der Waals surface area contributed by atoms with Gasteiger partial charge in [0.15, 0.2) is 11.5 Å². The standard InChI is InChI=1S/C36H50N2O7S/c1-43-33-20-12-13-21-34(33)44-25-23-37-27-29(39)28-45-35-22-16-19-32-36(35)30-17-10-11-18-31(30)38(32)24-14-8-6-4-2-3-5-7-9-15-26-46(40,41)42/h10-13,16-22,29,37,39H,2-9,14-15,23-28H2,1H3,(H,40,41,42)/p-1. The van der Waals surface area contributed by atoms with E-state index in [9.17, 15) is 18.1 Å². The second-order valence-corrected chi connectivity index (χ2v) is 13.3. The van der Waals surface area contributed by atoms with E-state index in [0.29, 0.717) is 37.6 Å². The number of aliphatic hydroxyl groups excluding tert-OH is 1. The number of ether oxygens (including phenoxy) is 3. The molecule has 0 bridgehead atoms. The zero-order valence-electron chi connectivity index (χ0n) is 27.0. The summed E-state index contributed by atoms with van der Waals surface area (Å²) in [5.74, 6) is 1.93. The van der Waals surface area contributed by atoms with Crippen molar-refractivity contribution >= 4 is 31.9 Å². The van der Waals surface area contributed by atoms with E-state index in [1.54, 1.807) is 7.11 Å². The number of aryl methyl sites for hydroxylation is 1. The molecule has 0 aliphatic rings. The van der Waals surface area contributed by atoms with Crippen LogP contribution in [0.3, 0.4) is 0 Å². The fraction of sp³-hybridized carbons (Fsp3) is 0.500. The Morgan fingerprint density at radius 2 is 1.37 bits per heavy atom. The van der Waals surface area contributed by atoms with Crippen LogP contribution in [0.2, 0.25) is 0 Å². The largest absolute Gasteiger partial charge is 0.748 e. The molecule has 3 aromatic carbocycles. The Kier molecular flexibility index (Phi) is 14.5. The molecule has 0 saturated heterocycles. The number of methoxy groups -OCH3 is 1. The molecule has 1 heterocycles. The van der Waals surface area contributed by atoms with E-state index in [4.69, 9.17) is 14.2 Å². The molecule has 1 aromatic heterocycles. The van der Waals surface area contributed by atoms with Crippen LogP contribution in [0.1, 0.15) is 64.2 Å². The van der Waals surface area contributed by atoms with E-state index in [2.05, 4.69) is 40.2 Å². The topological polar surface area (TPSA) is 122 Å². The summed E-state index contributed by atoms with van der Waals surface area (Å²) >= 11 is 0. The fourth-order valence-corrected chi connectivity index (χ4v) is 6.43. The highest BCUT2D eigenvalue weighted by Crippen LogP contribution is 2.36. The summed E-state index contributed by atoms with van der Waals surface area (Å²) in [6.07, 6.45) is 9.70. The van der Waals surface area contributed by atoms with Crippen LogP contribution in [0.4, 0.5) is 0 Å². The molecule has 4 rings (SSSR count). The number of hydrogen-bond donors (Lipinski definition) is 2. The van der Waals surface area contributed by atoms with Gasteiger partial charge < -0.3 is 33.8 Å². The van der Waals surface area contributed by atoms with Gasteiger partial charge in [-0.2, -0.15) is 0 Å². The third kappa shape index (κ3) is 11.2. The highest BCUT2D eigenvalue weighted by Gasteiger charge is 2.15. The predicted molar refractivity (Wildman–Crippen MR) is 183 cm³/mol. The molecule has 0 aliphatic heterocycles. The third-order valence-corrected chi connectivity index (χ3v) is 8.99. The lowest BCUT2D eigenvalue weighted by atomic mass is 10.1. The third-order valence-electron chi connectivity index (χ3n) is 8.20. The smallest absolute Gasteiger partial charge is 0.161 e. The fourth-order valence-electron chi connectivity index (χ4n) is 5.87. The molecule has 0 radical (unpaired) electrons. The maximum absolute atomic E-state index is 10.7. The van der Waals surface area contributed by atoms with Crippen molar-refractivity contribution in [2.24, 2.45) is 0 Å². The predicted octanol–water partition coefficient (Wildman–Crippen LogP) is 6.66. The minimum atomic E-state index is -4.07. The molecule has 0 saturated carbocycles. The zero-order chi connectivity index (χ0) is 32.6. The molecule has 4 aromatic rings. The average molecular weight is 654 g/mol. The summed E-state index contributed by atoms with van der Waals surface area (Å²) in [6, 6.07) is 22.1. The lowest BCUT2D eigenvalue weighted by Crippen LogP contribution is -2.33. The van der Waals surface area contributed by atoms with E-state index < -0.39 is 16.2 Å². The Balaban J connectivity index is 1.19. The minimum absolute atomic E-state index is 0.182. The van der Waals surface area contributed by atoms with Gasteiger partial charge in [-0.15, -0.1) is 0 Å². The SMILES string of the molecule is COc1ccccc1OCCNCC(O)COc1cccc2c1c1ccccc1n2CCCCCCCCCCCCS(=O)(=O)[O-]. The van der Waals surface area contributed by atoms with E-state index in [1.165, 1.54) is 24.8 Å². The van der Waals surface area contributed by atoms with Crippen LogP contribution in [0, 0.1) is 0 Å². The zero-order valence-corrected chi connectivity index (χ0v) is 27.8. The maximum atomic E-state index is 10.7. The first kappa shape index (κ1) is 35.5. The van der Waals surface area contributed by atoms with Crippen LogP contribution < -0.4 is 19.5 Å². The van der Waals surface area contributed by atoms with Gasteiger partial charge in [-0.1, -0.05) is 87.8 Å². The molecule has 252 valence electrons. The van der Waals surface area contributed by atoms with Crippen molar-refractivity contribution in [3.05, 3.63) is 66.7 Å². The van der Waals surface area contributed by atoms with Gasteiger partial charge in [-0.05, 0) is 43.2 Å². The number of aromatic nitrogens is 1. The summed E-state index contributed by atoms with van der Waals surface area (Å²) in [6.45, 7) is 2.54. The molecule has 0 fully saturated rings. The molecule has 1 atom stereocenters. The Bertz CT molecular complexity index is 1590. The van der Waals surface area contributed by atoms with E-state index in [-0.39, 0.29) is 12.4 Å². The normalized spacial score (nSPS) is 12.5. The summed E-state index contributed by atoms with van der Waals surface area (Å²) in [4.78, 5) is 0. The van der Waals surface area contributed by atoms with Crippen LogP contribution in [0.5, 0.6) is 17.2 Å². The van der Waals surface area contributed by atoms with Gasteiger partial charge in [-0.25, -0.2) is 8.42 Å². The minimum Gasteiger partial charge on any atom is -0.748 e. The molecule has 0 amide bonds. The number of para-hydroxylation sites is 3. The van der Waals surface area contributed by atoms with Gasteiger partial charge in [0.05, 0.1) is 22.7 Å². The summed E-state index contributed by atoms with van der Waals surface area (Å²) in [7, 11) is -2.45. The number of fused-ring (bicyclic) bond motifs is 3. The van der Waals surface area contributed by atoms with Crippen molar-refractivity contribution in [3.63, 3.8) is 0 Å². The lowest BCUT2D eigenvalue weighted by molar-refractivity contribution is 0.106. The van der Waals surface area contributed by atoms with Crippen molar-refractivity contribution in [1.82, 2.24) is 9.88 Å². The van der Waals surface area contributed by atoms with E-state index in [0.717, 1.165) is 67.1 Å². The second kappa shape index (κ2) is 18.7. The Morgan fingerprint density at radius 3 is 2.09 bits per heavy atom. The molecule has 10 heteroatoms. The highest BCUT2D eigenvalue weighted by atomic mass is 32.2. The molecule has 46 heavy (non-hydrogen) atoms. The number of benzene rings is 3. The lowest BCUT2D eigenvalue weighted by Gasteiger charge is -2.15. The first-order valence-electron chi connectivity index (χ1n) is 16.6. The van der Waals surface area contributed by atoms with Gasteiger partial charge in [-0.3, -0.25) is 0 Å². The maximum Gasteiger partial charge on any atom is 0.161 e. The van der Waals surface area contributed by atoms with E-state index >= 15 is 0 Å². The molecular formula is C36H49N2O7S-. The van der Waals surface area contributed by atoms with Crippen molar-refractivity contribution in [2.75, 3.05) is 39.2 Å². The van der Waals surface area contributed by atoms with Crippen molar-refractivity contribution in [1.29, 1.82) is 0 Å². The number of aliphatic hydroxyl groups is 1. The van der Waals surface area contributed by atoms with Gasteiger partial charge in [0.2, 0.25) is 0 Å². The quantitative estimate of drug-likeness (QED) is 0.0674. The average Bonchev–Trinajstić information content (AvgIpc) is 3.37. The number of hydrogen-bond acceptors (Lipinski definition) is 8. The number of unbranched alkanes of at least 4 members (excludes halogenated alkanes) is 9. The first-order chi connectivity index (χ1) is 22.4. The van der Waals surface area contributed by atoms with Crippen LogP contribution in [-0.2, 0) is 16.7 Å². The molecule has 2 N–H and O–H groups in total. The van der Waals surface area contributed by atoms with Crippen molar-refractivity contribution in [2.45, 2.75) is 76.9 Å². The summed E-state index contributed by atoms with van der Waals surface area (Å²) in [5.41, 5.74) is 2.33. The Labute approximate surface area is 273 Å². The molecule has 0 aliphatic carbocycles. The Morgan fingerprint density at radius 1 is 0.761 bits per heavy atom. The van der Waals surface area contributed by atoms with Crippen molar-refractivity contribution in [3.8, 4) is 17.2 Å². The Hall–Kier alpha value is -3.31. The van der Waals surface area contributed by atoms with Crippen LogP contribution in [-0.4, -0.2) is 67.9 Å². The van der Waals surface area contributed by atoms with Gasteiger partial charge >= 0.3 is 0 Å². The van der Waals surface area contributed by atoms with Crippen LogP contribution in [0.15, 0.2) is 66.7 Å². The number of nitrogens with zero attached hydrogens (tertiary/aromatic N) is 1.